The fourth-order valence-corrected chi connectivity index (χ4v) is 3.78. The topological polar surface area (TPSA) is 86.8 Å². The van der Waals surface area contributed by atoms with Crippen LogP contribution in [0.3, 0.4) is 0 Å². The number of rotatable bonds is 6. The second kappa shape index (κ2) is 8.45. The fourth-order valence-electron chi connectivity index (χ4n) is 3.78. The fraction of sp³-hybridized carbons (Fsp3) is 0.500. The number of carbonyl (C=O) groups excluding carboxylic acids is 4. The van der Waals surface area contributed by atoms with Gasteiger partial charge in [0.05, 0.1) is 11.1 Å². The van der Waals surface area contributed by atoms with Crippen molar-refractivity contribution in [2.75, 3.05) is 19.6 Å². The maximum absolute atomic E-state index is 12.5. The SMILES string of the molecule is Cc1ccc2c(c1)C(=O)N(CCCC(=O)N1CCCC1C(=O)NCC(F)(F)F)C2=O. The van der Waals surface area contributed by atoms with Crippen molar-refractivity contribution < 1.29 is 32.3 Å². The highest BCUT2D eigenvalue weighted by atomic mass is 19.4. The molecule has 30 heavy (non-hydrogen) atoms. The molecule has 0 bridgehead atoms. The lowest BCUT2D eigenvalue weighted by Gasteiger charge is -2.24. The van der Waals surface area contributed by atoms with Crippen LogP contribution in [0.25, 0.3) is 0 Å². The molecule has 10 heteroatoms. The average molecular weight is 425 g/mol. The van der Waals surface area contributed by atoms with Crippen molar-refractivity contribution in [2.24, 2.45) is 0 Å². The molecule has 0 saturated carbocycles. The van der Waals surface area contributed by atoms with Gasteiger partial charge in [-0.15, -0.1) is 0 Å². The van der Waals surface area contributed by atoms with E-state index in [9.17, 15) is 32.3 Å². The van der Waals surface area contributed by atoms with Crippen molar-refractivity contribution in [3.05, 3.63) is 34.9 Å². The van der Waals surface area contributed by atoms with E-state index >= 15 is 0 Å². The molecule has 1 saturated heterocycles. The van der Waals surface area contributed by atoms with Crippen molar-refractivity contribution in [1.29, 1.82) is 0 Å². The standard InChI is InChI=1S/C20H22F3N3O4/c1-12-6-7-13-14(10-12)19(30)26(18(13)29)9-3-5-16(27)25-8-2-4-15(25)17(28)24-11-20(21,22)23/h6-7,10,15H,2-5,8-9,11H2,1H3,(H,24,28). The van der Waals surface area contributed by atoms with Gasteiger partial charge in [0.15, 0.2) is 0 Å². The van der Waals surface area contributed by atoms with Crippen LogP contribution in [-0.4, -0.2) is 65.3 Å². The number of aryl methyl sites for hydroxylation is 1. The number of likely N-dealkylation sites (tertiary alicyclic amines) is 1. The Bertz CT molecular complexity index is 885. The summed E-state index contributed by atoms with van der Waals surface area (Å²) in [6, 6.07) is 4.07. The molecule has 1 unspecified atom stereocenters. The summed E-state index contributed by atoms with van der Waals surface area (Å²) in [6.45, 7) is 0.714. The van der Waals surface area contributed by atoms with E-state index in [0.717, 1.165) is 10.5 Å². The van der Waals surface area contributed by atoms with Gasteiger partial charge in [-0.1, -0.05) is 11.6 Å². The molecule has 4 amide bonds. The van der Waals surface area contributed by atoms with E-state index in [4.69, 9.17) is 0 Å². The van der Waals surface area contributed by atoms with E-state index in [0.29, 0.717) is 24.0 Å². The van der Waals surface area contributed by atoms with Crippen LogP contribution in [0.15, 0.2) is 18.2 Å². The number of imide groups is 1. The average Bonchev–Trinajstić information content (AvgIpc) is 3.25. The predicted octanol–water partition coefficient (Wildman–Crippen LogP) is 2.04. The number of amides is 4. The summed E-state index contributed by atoms with van der Waals surface area (Å²) < 4.78 is 36.9. The van der Waals surface area contributed by atoms with Gasteiger partial charge in [-0.05, 0) is 38.3 Å². The largest absolute Gasteiger partial charge is 0.405 e. The Labute approximate surface area is 171 Å². The molecule has 3 rings (SSSR count). The molecule has 1 fully saturated rings. The Hall–Kier alpha value is -2.91. The van der Waals surface area contributed by atoms with Crippen LogP contribution >= 0.6 is 0 Å². The minimum atomic E-state index is -4.52. The van der Waals surface area contributed by atoms with E-state index in [1.807, 2.05) is 12.2 Å². The number of nitrogens with zero attached hydrogens (tertiary/aromatic N) is 2. The molecule has 0 radical (unpaired) electrons. The van der Waals surface area contributed by atoms with Crippen molar-refractivity contribution in [2.45, 2.75) is 44.8 Å². The molecular weight excluding hydrogens is 403 g/mol. The molecule has 0 aromatic heterocycles. The lowest BCUT2D eigenvalue weighted by molar-refractivity contribution is -0.144. The van der Waals surface area contributed by atoms with Gasteiger partial charge in [-0.3, -0.25) is 24.1 Å². The Morgan fingerprint density at radius 1 is 1.17 bits per heavy atom. The van der Waals surface area contributed by atoms with Crippen molar-refractivity contribution >= 4 is 23.6 Å². The van der Waals surface area contributed by atoms with Crippen molar-refractivity contribution in [1.82, 2.24) is 15.1 Å². The maximum atomic E-state index is 12.5. The summed E-state index contributed by atoms with van der Waals surface area (Å²) in [5.74, 6) is -2.02. The van der Waals surface area contributed by atoms with Crippen LogP contribution in [0.4, 0.5) is 13.2 Å². The first kappa shape index (κ1) is 21.8. The molecule has 0 aliphatic carbocycles. The van der Waals surface area contributed by atoms with Gasteiger partial charge in [0.1, 0.15) is 12.6 Å². The number of benzene rings is 1. The van der Waals surface area contributed by atoms with Crippen LogP contribution < -0.4 is 5.32 Å². The highest BCUT2D eigenvalue weighted by Gasteiger charge is 2.37. The predicted molar refractivity (Wildman–Crippen MR) is 99.6 cm³/mol. The molecule has 1 aromatic carbocycles. The third kappa shape index (κ3) is 4.63. The van der Waals surface area contributed by atoms with E-state index in [2.05, 4.69) is 0 Å². The quantitative estimate of drug-likeness (QED) is 0.707. The van der Waals surface area contributed by atoms with Gasteiger partial charge in [0.25, 0.3) is 11.8 Å². The molecule has 1 atom stereocenters. The van der Waals surface area contributed by atoms with Crippen LogP contribution in [-0.2, 0) is 9.59 Å². The summed E-state index contributed by atoms with van der Waals surface area (Å²) in [5.41, 5.74) is 1.53. The number of hydrogen-bond acceptors (Lipinski definition) is 4. The first-order valence-corrected chi connectivity index (χ1v) is 9.69. The summed E-state index contributed by atoms with van der Waals surface area (Å²) >= 11 is 0. The van der Waals surface area contributed by atoms with Gasteiger partial charge < -0.3 is 10.2 Å². The van der Waals surface area contributed by atoms with E-state index in [1.54, 1.807) is 18.2 Å². The lowest BCUT2D eigenvalue weighted by atomic mass is 10.1. The first-order valence-electron chi connectivity index (χ1n) is 9.69. The third-order valence-corrected chi connectivity index (χ3v) is 5.24. The zero-order valence-electron chi connectivity index (χ0n) is 16.4. The lowest BCUT2D eigenvalue weighted by Crippen LogP contribution is -2.48. The van der Waals surface area contributed by atoms with Crippen molar-refractivity contribution in [3.8, 4) is 0 Å². The monoisotopic (exact) mass is 425 g/mol. The Morgan fingerprint density at radius 3 is 2.57 bits per heavy atom. The minimum absolute atomic E-state index is 0.0184. The van der Waals surface area contributed by atoms with Gasteiger partial charge in [-0.2, -0.15) is 13.2 Å². The molecule has 1 aromatic rings. The maximum Gasteiger partial charge on any atom is 0.405 e. The zero-order chi connectivity index (χ0) is 22.1. The molecule has 2 aliphatic heterocycles. The minimum Gasteiger partial charge on any atom is -0.345 e. The number of hydrogen-bond donors (Lipinski definition) is 1. The molecule has 0 spiro atoms. The number of nitrogens with one attached hydrogen (secondary N) is 1. The van der Waals surface area contributed by atoms with Gasteiger partial charge in [0.2, 0.25) is 11.8 Å². The van der Waals surface area contributed by atoms with E-state index in [1.165, 1.54) is 4.90 Å². The third-order valence-electron chi connectivity index (χ3n) is 5.24. The summed E-state index contributed by atoms with van der Waals surface area (Å²) in [7, 11) is 0. The van der Waals surface area contributed by atoms with Crippen molar-refractivity contribution in [3.63, 3.8) is 0 Å². The molecule has 1 N–H and O–H groups in total. The number of halogens is 3. The van der Waals surface area contributed by atoms with E-state index < -0.39 is 36.5 Å². The molecule has 2 aliphatic rings. The smallest absolute Gasteiger partial charge is 0.345 e. The second-order valence-corrected chi connectivity index (χ2v) is 7.49. The second-order valence-electron chi connectivity index (χ2n) is 7.49. The number of fused-ring (bicyclic) bond motifs is 1. The first-order chi connectivity index (χ1) is 14.1. The van der Waals surface area contributed by atoms with Gasteiger partial charge >= 0.3 is 6.18 Å². The Morgan fingerprint density at radius 2 is 1.87 bits per heavy atom. The Kier molecular flexibility index (Phi) is 6.14. The van der Waals surface area contributed by atoms with Gasteiger partial charge in [0, 0.05) is 19.5 Å². The summed E-state index contributed by atoms with van der Waals surface area (Å²) in [4.78, 5) is 51.8. The van der Waals surface area contributed by atoms with Gasteiger partial charge in [-0.25, -0.2) is 0 Å². The molecule has 162 valence electrons. The van der Waals surface area contributed by atoms with Crippen LogP contribution in [0.2, 0.25) is 0 Å². The summed E-state index contributed by atoms with van der Waals surface area (Å²) in [5, 5.41) is 1.82. The normalized spacial score (nSPS) is 18.7. The van der Waals surface area contributed by atoms with Crippen LogP contribution in [0, 0.1) is 6.92 Å². The summed E-state index contributed by atoms with van der Waals surface area (Å²) in [6.07, 6.45) is -3.51. The highest BCUT2D eigenvalue weighted by Crippen LogP contribution is 2.25. The van der Waals surface area contributed by atoms with Crippen LogP contribution in [0.1, 0.15) is 52.0 Å². The zero-order valence-corrected chi connectivity index (χ0v) is 16.4. The molecular formula is C20H22F3N3O4. The molecule has 7 nitrogen and oxygen atoms in total. The number of carbonyl (C=O) groups is 4. The molecule has 2 heterocycles. The van der Waals surface area contributed by atoms with E-state index in [-0.39, 0.29) is 31.8 Å². The highest BCUT2D eigenvalue weighted by molar-refractivity contribution is 6.21. The Balaban J connectivity index is 1.53. The van der Waals surface area contributed by atoms with Crippen LogP contribution in [0.5, 0.6) is 0 Å². The number of alkyl halides is 3.